The maximum Gasteiger partial charge on any atom is 0.416 e. The molecule has 2 rings (SSSR count). The van der Waals surface area contributed by atoms with E-state index in [0.717, 1.165) is 25.0 Å². The molecule has 0 aliphatic heterocycles. The van der Waals surface area contributed by atoms with Crippen LogP contribution in [0.5, 0.6) is 0 Å². The highest BCUT2D eigenvalue weighted by atomic mass is 19.4. The van der Waals surface area contributed by atoms with Gasteiger partial charge in [-0.3, -0.25) is 4.79 Å². The van der Waals surface area contributed by atoms with Gasteiger partial charge in [0.15, 0.2) is 5.78 Å². The maximum atomic E-state index is 12.7. The quantitative estimate of drug-likeness (QED) is 0.840. The van der Waals surface area contributed by atoms with E-state index in [2.05, 4.69) is 0 Å². The molecule has 20 heavy (non-hydrogen) atoms. The minimum Gasteiger partial charge on any atom is -0.319 e. The predicted molar refractivity (Wildman–Crippen MR) is 70.3 cm³/mol. The fraction of sp³-hybridized carbons (Fsp3) is 0.533. The molecule has 5 heteroatoms. The summed E-state index contributed by atoms with van der Waals surface area (Å²) < 4.78 is 38.1. The molecule has 2 atom stereocenters. The number of hydrogen-bond donors (Lipinski definition) is 1. The standard InChI is InChI=1S/C15H18F3NO/c1-10-4-3-7-14(19,9-10)13(20)11-5-2-6-12(8-11)15(16,17)18/h2,5-6,8,10H,3-4,7,9,19H2,1H3. The Bertz CT molecular complexity index is 512. The van der Waals surface area contributed by atoms with Crippen LogP contribution < -0.4 is 5.73 Å². The van der Waals surface area contributed by atoms with Crippen molar-refractivity contribution >= 4 is 5.78 Å². The summed E-state index contributed by atoms with van der Waals surface area (Å²) >= 11 is 0. The number of carbonyl (C=O) groups excluding carboxylic acids is 1. The van der Waals surface area contributed by atoms with Gasteiger partial charge in [0, 0.05) is 5.56 Å². The third-order valence-corrected chi connectivity index (χ3v) is 3.94. The summed E-state index contributed by atoms with van der Waals surface area (Å²) in [4.78, 5) is 12.5. The van der Waals surface area contributed by atoms with Crippen LogP contribution in [0.15, 0.2) is 24.3 Å². The summed E-state index contributed by atoms with van der Waals surface area (Å²) in [5, 5.41) is 0. The largest absolute Gasteiger partial charge is 0.416 e. The van der Waals surface area contributed by atoms with Crippen molar-refractivity contribution in [2.75, 3.05) is 0 Å². The number of nitrogens with two attached hydrogens (primary N) is 1. The molecule has 1 saturated carbocycles. The van der Waals surface area contributed by atoms with Crippen LogP contribution in [0.3, 0.4) is 0 Å². The van der Waals surface area contributed by atoms with Crippen molar-refractivity contribution in [3.63, 3.8) is 0 Å². The van der Waals surface area contributed by atoms with Crippen LogP contribution in [0.4, 0.5) is 13.2 Å². The monoisotopic (exact) mass is 285 g/mol. The van der Waals surface area contributed by atoms with Gasteiger partial charge in [0.1, 0.15) is 0 Å². The molecule has 2 nitrogen and oxygen atoms in total. The number of halogens is 3. The lowest BCUT2D eigenvalue weighted by Crippen LogP contribution is -2.51. The first-order valence-electron chi connectivity index (χ1n) is 6.73. The number of ketones is 1. The summed E-state index contributed by atoms with van der Waals surface area (Å²) in [7, 11) is 0. The topological polar surface area (TPSA) is 43.1 Å². The van der Waals surface area contributed by atoms with Crippen LogP contribution >= 0.6 is 0 Å². The zero-order chi connectivity index (χ0) is 15.0. The lowest BCUT2D eigenvalue weighted by Gasteiger charge is -2.35. The first-order valence-corrected chi connectivity index (χ1v) is 6.73. The Balaban J connectivity index is 2.29. The fourth-order valence-corrected chi connectivity index (χ4v) is 2.92. The SMILES string of the molecule is CC1CCCC(N)(C(=O)c2cccc(C(F)(F)F)c2)C1. The molecule has 1 aromatic rings. The molecule has 1 aromatic carbocycles. The van der Waals surface area contributed by atoms with Crippen molar-refractivity contribution in [2.45, 2.75) is 44.3 Å². The number of hydrogen-bond acceptors (Lipinski definition) is 2. The van der Waals surface area contributed by atoms with Crippen LogP contribution in [-0.4, -0.2) is 11.3 Å². The average Bonchev–Trinajstić information content (AvgIpc) is 2.37. The zero-order valence-corrected chi connectivity index (χ0v) is 11.3. The van der Waals surface area contributed by atoms with Gasteiger partial charge in [0.2, 0.25) is 0 Å². The van der Waals surface area contributed by atoms with Crippen molar-refractivity contribution in [1.29, 1.82) is 0 Å². The van der Waals surface area contributed by atoms with Gasteiger partial charge in [-0.2, -0.15) is 13.2 Å². The van der Waals surface area contributed by atoms with Crippen LogP contribution in [0.25, 0.3) is 0 Å². The van der Waals surface area contributed by atoms with E-state index in [-0.39, 0.29) is 11.3 Å². The van der Waals surface area contributed by atoms with Gasteiger partial charge >= 0.3 is 6.18 Å². The van der Waals surface area contributed by atoms with Crippen LogP contribution in [-0.2, 0) is 6.18 Å². The third-order valence-electron chi connectivity index (χ3n) is 3.94. The lowest BCUT2D eigenvalue weighted by molar-refractivity contribution is -0.137. The van der Waals surface area contributed by atoms with E-state index in [0.29, 0.717) is 18.8 Å². The molecule has 0 amide bonds. The summed E-state index contributed by atoms with van der Waals surface area (Å²) in [6.07, 6.45) is -1.54. The number of Topliss-reactive ketones (excluding diaryl/α,β-unsaturated/α-hetero) is 1. The Labute approximate surface area is 116 Å². The molecule has 0 aromatic heterocycles. The molecule has 1 aliphatic carbocycles. The summed E-state index contributed by atoms with van der Waals surface area (Å²) in [6, 6.07) is 4.52. The van der Waals surface area contributed by atoms with E-state index in [1.54, 1.807) is 0 Å². The molecule has 110 valence electrons. The molecule has 0 saturated heterocycles. The maximum absolute atomic E-state index is 12.7. The minimum absolute atomic E-state index is 0.0522. The van der Waals surface area contributed by atoms with Crippen molar-refractivity contribution in [3.8, 4) is 0 Å². The smallest absolute Gasteiger partial charge is 0.319 e. The Morgan fingerprint density at radius 2 is 2.10 bits per heavy atom. The summed E-state index contributed by atoms with van der Waals surface area (Å²) in [5.74, 6) is -0.0568. The van der Waals surface area contributed by atoms with E-state index in [1.807, 2.05) is 6.92 Å². The van der Waals surface area contributed by atoms with Crippen LogP contribution in [0.1, 0.15) is 48.5 Å². The Morgan fingerprint density at radius 1 is 1.40 bits per heavy atom. The van der Waals surface area contributed by atoms with Gasteiger partial charge < -0.3 is 5.73 Å². The van der Waals surface area contributed by atoms with Gasteiger partial charge in [0.25, 0.3) is 0 Å². The first-order chi connectivity index (χ1) is 9.22. The second kappa shape index (κ2) is 5.20. The van der Waals surface area contributed by atoms with Crippen LogP contribution in [0.2, 0.25) is 0 Å². The number of rotatable bonds is 2. The van der Waals surface area contributed by atoms with Gasteiger partial charge in [-0.25, -0.2) is 0 Å². The number of alkyl halides is 3. The van der Waals surface area contributed by atoms with Crippen molar-refractivity contribution in [3.05, 3.63) is 35.4 Å². The second-order valence-electron chi connectivity index (χ2n) is 5.77. The van der Waals surface area contributed by atoms with E-state index in [1.165, 1.54) is 12.1 Å². The Kier molecular flexibility index (Phi) is 3.91. The Hall–Kier alpha value is -1.36. The molecule has 0 heterocycles. The van der Waals surface area contributed by atoms with Gasteiger partial charge in [-0.15, -0.1) is 0 Å². The third kappa shape index (κ3) is 3.03. The van der Waals surface area contributed by atoms with E-state index >= 15 is 0 Å². The van der Waals surface area contributed by atoms with E-state index in [4.69, 9.17) is 5.73 Å². The minimum atomic E-state index is -4.45. The van der Waals surface area contributed by atoms with Crippen molar-refractivity contribution < 1.29 is 18.0 Å². The normalized spacial score (nSPS) is 27.4. The molecule has 1 aliphatic rings. The van der Waals surface area contributed by atoms with E-state index in [9.17, 15) is 18.0 Å². The van der Waals surface area contributed by atoms with Crippen molar-refractivity contribution in [2.24, 2.45) is 11.7 Å². The molecular formula is C15H18F3NO. The highest BCUT2D eigenvalue weighted by molar-refractivity contribution is 6.03. The van der Waals surface area contributed by atoms with Crippen LogP contribution in [0, 0.1) is 5.92 Å². The average molecular weight is 285 g/mol. The fourth-order valence-electron chi connectivity index (χ4n) is 2.92. The summed E-state index contributed by atoms with van der Waals surface area (Å²) in [6.45, 7) is 2.01. The molecule has 0 radical (unpaired) electrons. The molecule has 2 N–H and O–H groups in total. The second-order valence-corrected chi connectivity index (χ2v) is 5.77. The predicted octanol–water partition coefficient (Wildman–Crippen LogP) is 3.80. The van der Waals surface area contributed by atoms with Crippen molar-refractivity contribution in [1.82, 2.24) is 0 Å². The Morgan fingerprint density at radius 3 is 2.70 bits per heavy atom. The lowest BCUT2D eigenvalue weighted by atomic mass is 9.73. The van der Waals surface area contributed by atoms with E-state index < -0.39 is 17.3 Å². The summed E-state index contributed by atoms with van der Waals surface area (Å²) in [5.41, 5.74) is 4.37. The number of benzene rings is 1. The highest BCUT2D eigenvalue weighted by Gasteiger charge is 2.39. The molecule has 2 unspecified atom stereocenters. The number of carbonyl (C=O) groups is 1. The van der Waals surface area contributed by atoms with Gasteiger partial charge in [0.05, 0.1) is 11.1 Å². The van der Waals surface area contributed by atoms with Gasteiger partial charge in [-0.05, 0) is 30.9 Å². The molecule has 0 bridgehead atoms. The van der Waals surface area contributed by atoms with Gasteiger partial charge in [-0.1, -0.05) is 31.9 Å². The first kappa shape index (κ1) is 15.0. The zero-order valence-electron chi connectivity index (χ0n) is 11.3. The molecular weight excluding hydrogens is 267 g/mol. The molecule has 0 spiro atoms. The highest BCUT2D eigenvalue weighted by Crippen LogP contribution is 2.34. The molecule has 1 fully saturated rings.